The van der Waals surface area contributed by atoms with Crippen LogP contribution >= 0.6 is 0 Å². The zero-order chi connectivity index (χ0) is 14.0. The lowest BCUT2D eigenvalue weighted by molar-refractivity contribution is 0.0935. The number of pyridine rings is 1. The molecule has 19 heavy (non-hydrogen) atoms. The van der Waals surface area contributed by atoms with Gasteiger partial charge in [-0.3, -0.25) is 4.79 Å². The number of nitrogens with two attached hydrogens (primary N) is 1. The Morgan fingerprint density at radius 3 is 2.89 bits per heavy atom. The van der Waals surface area contributed by atoms with E-state index in [0.717, 1.165) is 18.0 Å². The van der Waals surface area contributed by atoms with Gasteiger partial charge >= 0.3 is 0 Å². The number of anilines is 1. The molecule has 0 aliphatic rings. The Morgan fingerprint density at radius 1 is 1.53 bits per heavy atom. The van der Waals surface area contributed by atoms with Gasteiger partial charge in [0.15, 0.2) is 0 Å². The first-order valence-corrected chi connectivity index (χ1v) is 5.75. The second kappa shape index (κ2) is 5.09. The van der Waals surface area contributed by atoms with Gasteiger partial charge in [0.1, 0.15) is 23.2 Å². The van der Waals surface area contributed by atoms with Crippen molar-refractivity contribution in [1.82, 2.24) is 10.3 Å². The molecule has 6 heteroatoms. The molecule has 2 rings (SSSR count). The summed E-state index contributed by atoms with van der Waals surface area (Å²) in [5, 5.41) is 2.67. The van der Waals surface area contributed by atoms with Crippen molar-refractivity contribution in [2.24, 2.45) is 0 Å². The number of aryl methyl sites for hydroxylation is 1. The number of aromatic nitrogens is 1. The van der Waals surface area contributed by atoms with Crippen LogP contribution in [0.25, 0.3) is 0 Å². The molecule has 2 aromatic rings. The van der Waals surface area contributed by atoms with Gasteiger partial charge in [0.05, 0.1) is 17.8 Å². The summed E-state index contributed by atoms with van der Waals surface area (Å²) in [7, 11) is 0. The van der Waals surface area contributed by atoms with E-state index in [0.29, 0.717) is 5.76 Å². The molecule has 0 spiro atoms. The van der Waals surface area contributed by atoms with Crippen molar-refractivity contribution in [1.29, 1.82) is 0 Å². The quantitative estimate of drug-likeness (QED) is 0.889. The highest BCUT2D eigenvalue weighted by molar-refractivity contribution is 5.98. The van der Waals surface area contributed by atoms with Crippen LogP contribution in [0.4, 0.5) is 10.2 Å². The number of halogens is 1. The number of carbonyl (C=O) groups is 1. The summed E-state index contributed by atoms with van der Waals surface area (Å²) in [5.74, 6) is 0.255. The maximum absolute atomic E-state index is 13.1. The summed E-state index contributed by atoms with van der Waals surface area (Å²) < 4.78 is 18.5. The zero-order valence-corrected chi connectivity index (χ0v) is 10.6. The van der Waals surface area contributed by atoms with E-state index in [2.05, 4.69) is 10.3 Å². The summed E-state index contributed by atoms with van der Waals surface area (Å²) >= 11 is 0. The van der Waals surface area contributed by atoms with Crippen molar-refractivity contribution < 1.29 is 13.6 Å². The summed E-state index contributed by atoms with van der Waals surface area (Å²) in [6, 6.07) is 4.28. The number of hydrogen-bond acceptors (Lipinski definition) is 4. The van der Waals surface area contributed by atoms with Gasteiger partial charge in [-0.25, -0.2) is 9.37 Å². The first kappa shape index (κ1) is 13.1. The van der Waals surface area contributed by atoms with E-state index in [-0.39, 0.29) is 17.4 Å². The summed E-state index contributed by atoms with van der Waals surface area (Å²) in [5.41, 5.74) is 5.56. The fraction of sp³-hybridized carbons (Fsp3) is 0.231. The Hall–Kier alpha value is -2.37. The summed E-state index contributed by atoms with van der Waals surface area (Å²) in [6.07, 6.45) is 0.964. The molecule has 100 valence electrons. The van der Waals surface area contributed by atoms with E-state index in [1.54, 1.807) is 19.1 Å². The monoisotopic (exact) mass is 263 g/mol. The standard InChI is InChI=1S/C13H14FN3O2/c1-7-3-4-11(19-7)8(2)17-13(18)10-5-9(14)6-16-12(10)15/h3-6,8H,1-2H3,(H2,15,16)(H,17,18). The molecular formula is C13H14FN3O2. The van der Waals surface area contributed by atoms with Crippen molar-refractivity contribution in [3.63, 3.8) is 0 Å². The molecule has 0 saturated heterocycles. The molecule has 1 unspecified atom stereocenters. The number of nitrogens with zero attached hydrogens (tertiary/aromatic N) is 1. The number of nitrogen functional groups attached to an aromatic ring is 1. The van der Waals surface area contributed by atoms with Crippen LogP contribution < -0.4 is 11.1 Å². The molecule has 3 N–H and O–H groups in total. The van der Waals surface area contributed by atoms with Crippen LogP contribution in [0.15, 0.2) is 28.8 Å². The van der Waals surface area contributed by atoms with Gasteiger partial charge in [-0.1, -0.05) is 0 Å². The van der Waals surface area contributed by atoms with E-state index in [1.807, 2.05) is 6.92 Å². The normalized spacial score (nSPS) is 12.2. The Bertz CT molecular complexity index is 610. The van der Waals surface area contributed by atoms with Gasteiger partial charge in [0.2, 0.25) is 0 Å². The molecule has 5 nitrogen and oxygen atoms in total. The molecule has 0 bridgehead atoms. The highest BCUT2D eigenvalue weighted by atomic mass is 19.1. The van der Waals surface area contributed by atoms with Crippen molar-refractivity contribution in [3.8, 4) is 0 Å². The van der Waals surface area contributed by atoms with Crippen LogP contribution in [-0.2, 0) is 0 Å². The third-order valence-electron chi connectivity index (χ3n) is 2.67. The SMILES string of the molecule is Cc1ccc(C(C)NC(=O)c2cc(F)cnc2N)o1. The minimum absolute atomic E-state index is 0.00938. The minimum Gasteiger partial charge on any atom is -0.464 e. The van der Waals surface area contributed by atoms with Crippen LogP contribution in [0, 0.1) is 12.7 Å². The van der Waals surface area contributed by atoms with Gasteiger partial charge in [-0.05, 0) is 32.0 Å². The molecule has 2 aromatic heterocycles. The highest BCUT2D eigenvalue weighted by Crippen LogP contribution is 2.17. The second-order valence-corrected chi connectivity index (χ2v) is 4.23. The average molecular weight is 263 g/mol. The zero-order valence-electron chi connectivity index (χ0n) is 10.6. The minimum atomic E-state index is -0.610. The Kier molecular flexibility index (Phi) is 3.50. The maximum atomic E-state index is 13.1. The first-order chi connectivity index (χ1) is 8.97. The van der Waals surface area contributed by atoms with E-state index in [9.17, 15) is 9.18 Å². The van der Waals surface area contributed by atoms with Gasteiger partial charge in [-0.2, -0.15) is 0 Å². The number of nitrogens with one attached hydrogen (secondary N) is 1. The van der Waals surface area contributed by atoms with Gasteiger partial charge in [-0.15, -0.1) is 0 Å². The van der Waals surface area contributed by atoms with Gasteiger partial charge in [0.25, 0.3) is 5.91 Å². The fourth-order valence-corrected chi connectivity index (χ4v) is 1.66. The predicted octanol–water partition coefficient (Wildman–Crippen LogP) is 2.20. The van der Waals surface area contributed by atoms with Gasteiger partial charge < -0.3 is 15.5 Å². The van der Waals surface area contributed by atoms with E-state index >= 15 is 0 Å². The molecule has 0 fully saturated rings. The number of hydrogen-bond donors (Lipinski definition) is 2. The Morgan fingerprint density at radius 2 is 2.26 bits per heavy atom. The van der Waals surface area contributed by atoms with Gasteiger partial charge in [0, 0.05) is 0 Å². The van der Waals surface area contributed by atoms with Crippen LogP contribution in [0.3, 0.4) is 0 Å². The molecule has 0 saturated carbocycles. The third-order valence-corrected chi connectivity index (χ3v) is 2.67. The summed E-state index contributed by atoms with van der Waals surface area (Å²) in [6.45, 7) is 3.58. The lowest BCUT2D eigenvalue weighted by atomic mass is 10.2. The molecular weight excluding hydrogens is 249 g/mol. The molecule has 2 heterocycles. The lowest BCUT2D eigenvalue weighted by Crippen LogP contribution is -2.27. The van der Waals surface area contributed by atoms with Crippen molar-refractivity contribution in [2.45, 2.75) is 19.9 Å². The number of furan rings is 1. The van der Waals surface area contributed by atoms with Crippen molar-refractivity contribution in [3.05, 3.63) is 47.3 Å². The van der Waals surface area contributed by atoms with Crippen LogP contribution in [0.5, 0.6) is 0 Å². The van der Waals surface area contributed by atoms with E-state index < -0.39 is 11.7 Å². The van der Waals surface area contributed by atoms with E-state index in [1.165, 1.54) is 0 Å². The number of rotatable bonds is 3. The van der Waals surface area contributed by atoms with Crippen LogP contribution in [-0.4, -0.2) is 10.9 Å². The Labute approximate surface area is 109 Å². The molecule has 0 aliphatic carbocycles. The fourth-order valence-electron chi connectivity index (χ4n) is 1.66. The van der Waals surface area contributed by atoms with Crippen LogP contribution in [0.2, 0.25) is 0 Å². The van der Waals surface area contributed by atoms with Crippen molar-refractivity contribution >= 4 is 11.7 Å². The summed E-state index contributed by atoms with van der Waals surface area (Å²) in [4.78, 5) is 15.6. The average Bonchev–Trinajstić information content (AvgIpc) is 2.79. The molecule has 0 radical (unpaired) electrons. The lowest BCUT2D eigenvalue weighted by Gasteiger charge is -2.12. The topological polar surface area (TPSA) is 81.2 Å². The first-order valence-electron chi connectivity index (χ1n) is 5.75. The largest absolute Gasteiger partial charge is 0.464 e. The highest BCUT2D eigenvalue weighted by Gasteiger charge is 2.17. The number of amides is 1. The Balaban J connectivity index is 2.15. The van der Waals surface area contributed by atoms with Crippen molar-refractivity contribution in [2.75, 3.05) is 5.73 Å². The molecule has 0 aromatic carbocycles. The smallest absolute Gasteiger partial charge is 0.255 e. The molecule has 1 atom stereocenters. The molecule has 0 aliphatic heterocycles. The maximum Gasteiger partial charge on any atom is 0.255 e. The van der Waals surface area contributed by atoms with Crippen LogP contribution in [0.1, 0.15) is 34.8 Å². The second-order valence-electron chi connectivity index (χ2n) is 4.23. The van der Waals surface area contributed by atoms with E-state index in [4.69, 9.17) is 10.2 Å². The predicted molar refractivity (Wildman–Crippen MR) is 67.9 cm³/mol. The number of carbonyl (C=O) groups excluding carboxylic acids is 1. The third kappa shape index (κ3) is 2.90. The molecule has 1 amide bonds.